The van der Waals surface area contributed by atoms with Crippen molar-refractivity contribution in [2.24, 2.45) is 5.41 Å². The number of anilines is 1. The van der Waals surface area contributed by atoms with E-state index in [1.807, 2.05) is 20.8 Å². The average Bonchev–Trinajstić information content (AvgIpc) is 3.33. The number of carboxylic acid groups (broad SMARTS) is 1. The molecule has 0 aliphatic carbocycles. The van der Waals surface area contributed by atoms with E-state index in [1.54, 1.807) is 42.5 Å². The second-order valence-corrected chi connectivity index (χ2v) is 11.5. The summed E-state index contributed by atoms with van der Waals surface area (Å²) < 4.78 is 0. The molecule has 1 aliphatic heterocycles. The fourth-order valence-electron chi connectivity index (χ4n) is 4.93. The van der Waals surface area contributed by atoms with Crippen LogP contribution in [0.2, 0.25) is 10.0 Å². The molecule has 1 aromatic heterocycles. The summed E-state index contributed by atoms with van der Waals surface area (Å²) in [5.74, 6) is -0.936. The monoisotopic (exact) mass is 584 g/mol. The summed E-state index contributed by atoms with van der Waals surface area (Å²) in [4.78, 5) is 47.8. The Kier molecular flexibility index (Phi) is 8.51. The maximum Gasteiger partial charge on any atom is 0.407 e. The summed E-state index contributed by atoms with van der Waals surface area (Å²) in [5.41, 5.74) is 7.53. The minimum absolute atomic E-state index is 0.0598. The summed E-state index contributed by atoms with van der Waals surface area (Å²) in [6.07, 6.45) is 0.861. The average molecular weight is 585 g/mol. The van der Waals surface area contributed by atoms with Crippen LogP contribution in [0.15, 0.2) is 48.7 Å². The van der Waals surface area contributed by atoms with Crippen LogP contribution in [0.4, 0.5) is 10.6 Å². The SMILES string of the molecule is CC(C)(C)C1[C@@H](NC(=O)c2nc(-c3cccc(C(=O)NCc4ccc(Cl)cc4Cl)c3)cnc2N)CCN1C(=O)O. The Balaban J connectivity index is 1.51. The van der Waals surface area contributed by atoms with Crippen LogP contribution in [0.1, 0.15) is 53.6 Å². The van der Waals surface area contributed by atoms with E-state index in [9.17, 15) is 19.5 Å². The van der Waals surface area contributed by atoms with Crippen molar-refractivity contribution in [3.63, 3.8) is 0 Å². The normalized spacial score (nSPS) is 17.0. The second-order valence-electron chi connectivity index (χ2n) is 10.6. The number of nitrogens with one attached hydrogen (secondary N) is 2. The molecule has 1 unspecified atom stereocenters. The van der Waals surface area contributed by atoms with Crippen LogP contribution < -0.4 is 16.4 Å². The van der Waals surface area contributed by atoms with Crippen LogP contribution in [0.25, 0.3) is 11.3 Å². The number of nitrogen functional groups attached to an aromatic ring is 1. The van der Waals surface area contributed by atoms with E-state index in [1.165, 1.54) is 11.1 Å². The van der Waals surface area contributed by atoms with Gasteiger partial charge in [-0.05, 0) is 41.7 Å². The lowest BCUT2D eigenvalue weighted by molar-refractivity contribution is 0.0823. The molecule has 3 aromatic rings. The highest BCUT2D eigenvalue weighted by molar-refractivity contribution is 6.35. The standard InChI is InChI=1S/C28H30Cl2N6O4/c1-28(2,3)23-20(9-10-36(23)27(39)40)35-26(38)22-24(31)32-14-21(34-22)15-5-4-6-16(11-15)25(37)33-13-17-7-8-18(29)12-19(17)30/h4-8,11-12,14,20,23H,9-10,13H2,1-3H3,(H2,31,32)(H,33,37)(H,35,38)(H,39,40)/t20-,23?/m0/s1. The number of likely N-dealkylation sites (tertiary alicyclic amines) is 1. The van der Waals surface area contributed by atoms with E-state index < -0.39 is 29.5 Å². The van der Waals surface area contributed by atoms with Crippen LogP contribution in [0.5, 0.6) is 0 Å². The van der Waals surface area contributed by atoms with Gasteiger partial charge >= 0.3 is 6.09 Å². The molecule has 1 aliphatic rings. The van der Waals surface area contributed by atoms with Crippen LogP contribution >= 0.6 is 23.2 Å². The van der Waals surface area contributed by atoms with Gasteiger partial charge in [-0.1, -0.05) is 62.2 Å². The number of nitrogens with two attached hydrogens (primary N) is 1. The first-order valence-corrected chi connectivity index (χ1v) is 13.4. The molecule has 0 bridgehead atoms. The maximum atomic E-state index is 13.3. The van der Waals surface area contributed by atoms with E-state index in [4.69, 9.17) is 28.9 Å². The Bertz CT molecular complexity index is 1460. The van der Waals surface area contributed by atoms with Crippen LogP contribution in [-0.4, -0.2) is 56.5 Å². The minimum Gasteiger partial charge on any atom is -0.465 e. The highest BCUT2D eigenvalue weighted by Gasteiger charge is 2.44. The highest BCUT2D eigenvalue weighted by atomic mass is 35.5. The molecule has 0 radical (unpaired) electrons. The Hall–Kier alpha value is -3.89. The zero-order valence-corrected chi connectivity index (χ0v) is 23.8. The zero-order chi connectivity index (χ0) is 29.2. The third kappa shape index (κ3) is 6.46. The predicted octanol–water partition coefficient (Wildman–Crippen LogP) is 4.86. The number of benzene rings is 2. The molecule has 40 heavy (non-hydrogen) atoms. The molecule has 5 N–H and O–H groups in total. The number of hydrogen-bond donors (Lipinski definition) is 4. The first-order chi connectivity index (χ1) is 18.8. The van der Waals surface area contributed by atoms with Crippen LogP contribution in [-0.2, 0) is 6.54 Å². The number of hydrogen-bond acceptors (Lipinski definition) is 6. The number of aromatic nitrogens is 2. The van der Waals surface area contributed by atoms with Gasteiger partial charge in [0.1, 0.15) is 0 Å². The number of amides is 3. The molecule has 10 nitrogen and oxygen atoms in total. The van der Waals surface area contributed by atoms with E-state index in [0.29, 0.717) is 39.8 Å². The van der Waals surface area contributed by atoms with E-state index in [2.05, 4.69) is 20.6 Å². The van der Waals surface area contributed by atoms with Crippen molar-refractivity contribution < 1.29 is 19.5 Å². The van der Waals surface area contributed by atoms with E-state index in [-0.39, 0.29) is 24.0 Å². The van der Waals surface area contributed by atoms with Crippen LogP contribution in [0, 0.1) is 5.41 Å². The van der Waals surface area contributed by atoms with Crippen molar-refractivity contribution in [1.29, 1.82) is 0 Å². The molecule has 0 spiro atoms. The minimum atomic E-state index is -1.03. The van der Waals surface area contributed by atoms with E-state index >= 15 is 0 Å². The summed E-state index contributed by atoms with van der Waals surface area (Å²) in [7, 11) is 0. The number of nitrogens with zero attached hydrogens (tertiary/aromatic N) is 3. The van der Waals surface area contributed by atoms with Crippen molar-refractivity contribution in [2.45, 2.75) is 45.8 Å². The number of carbonyl (C=O) groups excluding carboxylic acids is 2. The first-order valence-electron chi connectivity index (χ1n) is 12.6. The third-order valence-corrected chi connectivity index (χ3v) is 7.33. The van der Waals surface area contributed by atoms with Crippen molar-refractivity contribution in [2.75, 3.05) is 12.3 Å². The largest absolute Gasteiger partial charge is 0.465 e. The Morgan fingerprint density at radius 3 is 2.55 bits per heavy atom. The lowest BCUT2D eigenvalue weighted by Crippen LogP contribution is -2.53. The van der Waals surface area contributed by atoms with Gasteiger partial charge in [0.05, 0.1) is 24.0 Å². The van der Waals surface area contributed by atoms with Crippen molar-refractivity contribution in [3.05, 3.63) is 75.5 Å². The van der Waals surface area contributed by atoms with Gasteiger partial charge in [-0.3, -0.25) is 9.59 Å². The fraction of sp³-hybridized carbons (Fsp3) is 0.321. The zero-order valence-electron chi connectivity index (χ0n) is 22.2. The van der Waals surface area contributed by atoms with Gasteiger partial charge in [-0.25, -0.2) is 14.8 Å². The molecule has 4 rings (SSSR count). The van der Waals surface area contributed by atoms with Crippen molar-refractivity contribution >= 4 is 46.9 Å². The molecular formula is C28H30Cl2N6O4. The topological polar surface area (TPSA) is 151 Å². The highest BCUT2D eigenvalue weighted by Crippen LogP contribution is 2.33. The number of halogens is 2. The third-order valence-electron chi connectivity index (χ3n) is 6.74. The molecule has 1 saturated heterocycles. The first kappa shape index (κ1) is 29.1. The maximum absolute atomic E-state index is 13.3. The predicted molar refractivity (Wildman–Crippen MR) is 153 cm³/mol. The van der Waals surface area contributed by atoms with Gasteiger partial charge in [-0.2, -0.15) is 0 Å². The smallest absolute Gasteiger partial charge is 0.407 e. The Labute approximate surface area is 241 Å². The molecule has 210 valence electrons. The Morgan fingerprint density at radius 2 is 1.88 bits per heavy atom. The molecule has 1 fully saturated rings. The second kappa shape index (κ2) is 11.7. The lowest BCUT2D eigenvalue weighted by atomic mass is 9.82. The summed E-state index contributed by atoms with van der Waals surface area (Å²) in [6.45, 7) is 6.31. The van der Waals surface area contributed by atoms with Gasteiger partial charge in [0, 0.05) is 34.3 Å². The van der Waals surface area contributed by atoms with Gasteiger partial charge < -0.3 is 26.4 Å². The quantitative estimate of drug-likeness (QED) is 0.323. The molecule has 2 aromatic carbocycles. The van der Waals surface area contributed by atoms with Crippen molar-refractivity contribution in [1.82, 2.24) is 25.5 Å². The Morgan fingerprint density at radius 1 is 1.12 bits per heavy atom. The van der Waals surface area contributed by atoms with Gasteiger partial charge in [0.25, 0.3) is 11.8 Å². The molecule has 12 heteroatoms. The van der Waals surface area contributed by atoms with Crippen molar-refractivity contribution in [3.8, 4) is 11.3 Å². The lowest BCUT2D eigenvalue weighted by Gasteiger charge is -2.37. The molecule has 3 amide bonds. The van der Waals surface area contributed by atoms with Gasteiger partial charge in [0.2, 0.25) is 0 Å². The molecule has 2 atom stereocenters. The number of rotatable bonds is 6. The molecular weight excluding hydrogens is 555 g/mol. The van der Waals surface area contributed by atoms with E-state index in [0.717, 1.165) is 5.56 Å². The fourth-order valence-corrected chi connectivity index (χ4v) is 5.41. The van der Waals surface area contributed by atoms with Gasteiger partial charge in [0.15, 0.2) is 11.5 Å². The summed E-state index contributed by atoms with van der Waals surface area (Å²) in [5, 5.41) is 16.3. The summed E-state index contributed by atoms with van der Waals surface area (Å²) >= 11 is 12.1. The molecule has 2 heterocycles. The molecule has 0 saturated carbocycles. The van der Waals surface area contributed by atoms with Crippen LogP contribution in [0.3, 0.4) is 0 Å². The summed E-state index contributed by atoms with van der Waals surface area (Å²) in [6, 6.07) is 10.9. The number of carbonyl (C=O) groups is 3. The van der Waals surface area contributed by atoms with Gasteiger partial charge in [-0.15, -0.1) is 0 Å².